The number of hydrogen-bond donors (Lipinski definition) is 2. The van der Waals surface area contributed by atoms with E-state index < -0.39 is 58.7 Å². The average molecular weight is 647 g/mol. The number of hydrogen-bond acceptors (Lipinski definition) is 8. The highest BCUT2D eigenvalue weighted by atomic mass is 32.2. The van der Waals surface area contributed by atoms with E-state index in [2.05, 4.69) is 10.1 Å². The lowest BCUT2D eigenvalue weighted by Crippen LogP contribution is -2.41. The number of nitrogens with one attached hydrogen (secondary N) is 1. The molecule has 1 aliphatic heterocycles. The van der Waals surface area contributed by atoms with Gasteiger partial charge >= 0.3 is 6.18 Å². The topological polar surface area (TPSA) is 127 Å². The molecule has 0 bridgehead atoms. The third kappa shape index (κ3) is 6.71. The fourth-order valence-corrected chi connectivity index (χ4v) is 5.78. The fourth-order valence-electron chi connectivity index (χ4n) is 4.81. The van der Waals surface area contributed by atoms with E-state index in [0.717, 1.165) is 24.3 Å². The fraction of sp³-hybridized carbons (Fsp3) is 0.464. The van der Waals surface area contributed by atoms with Gasteiger partial charge in [-0.1, -0.05) is 6.85 Å². The SMILES string of the molecule is S.[2H]C([2H])([2H])[C@@H]1CN(c2nc(-n3ccc(OCCC4(C(F)(F)F)CC4)n3)ccc2C(=O)NS(=O)(=O)c2ccc(O)cc2)C(C)(C)C1([2H])[2H]. The molecule has 5 rings (SSSR count). The van der Waals surface area contributed by atoms with Crippen LogP contribution >= 0.6 is 13.5 Å². The van der Waals surface area contributed by atoms with Gasteiger partial charge in [0.15, 0.2) is 5.82 Å². The molecular weight excluding hydrogens is 607 g/mol. The summed E-state index contributed by atoms with van der Waals surface area (Å²) in [5, 5.41) is 13.7. The zero-order valence-corrected chi connectivity index (χ0v) is 25.0. The number of aromatic hydroxyl groups is 1. The predicted molar refractivity (Wildman–Crippen MR) is 158 cm³/mol. The second-order valence-corrected chi connectivity index (χ2v) is 12.5. The van der Waals surface area contributed by atoms with Crippen molar-refractivity contribution >= 4 is 35.2 Å². The van der Waals surface area contributed by atoms with Crippen molar-refractivity contribution in [2.45, 2.75) is 62.9 Å². The Morgan fingerprint density at radius 3 is 2.51 bits per heavy atom. The molecule has 10 nitrogen and oxygen atoms in total. The molecule has 1 amide bonds. The van der Waals surface area contributed by atoms with Crippen LogP contribution in [0.5, 0.6) is 11.6 Å². The molecule has 0 spiro atoms. The zero-order valence-electron chi connectivity index (χ0n) is 28.1. The number of anilines is 1. The first-order valence-corrected chi connectivity index (χ1v) is 14.5. The Hall–Kier alpha value is -3.46. The van der Waals surface area contributed by atoms with Gasteiger partial charge in [-0.15, -0.1) is 5.10 Å². The van der Waals surface area contributed by atoms with Crippen LogP contribution in [0.1, 0.15) is 63.5 Å². The van der Waals surface area contributed by atoms with Crippen molar-refractivity contribution in [2.75, 3.05) is 18.1 Å². The number of amides is 1. The molecule has 3 aromatic rings. The summed E-state index contributed by atoms with van der Waals surface area (Å²) in [4.78, 5) is 19.0. The van der Waals surface area contributed by atoms with Gasteiger partial charge in [-0.05, 0) is 81.8 Å². The maximum Gasteiger partial charge on any atom is 0.394 e. The van der Waals surface area contributed by atoms with Gasteiger partial charge in [-0.25, -0.2) is 22.8 Å². The molecule has 1 aromatic carbocycles. The highest BCUT2D eigenvalue weighted by Crippen LogP contribution is 2.59. The van der Waals surface area contributed by atoms with E-state index in [9.17, 15) is 31.5 Å². The molecule has 0 radical (unpaired) electrons. The van der Waals surface area contributed by atoms with E-state index in [4.69, 9.17) is 11.6 Å². The summed E-state index contributed by atoms with van der Waals surface area (Å²) in [6, 6.07) is 8.32. The number of sulfonamides is 1. The lowest BCUT2D eigenvalue weighted by molar-refractivity contribution is -0.190. The summed E-state index contributed by atoms with van der Waals surface area (Å²) in [5.41, 5.74) is -3.65. The molecule has 2 N–H and O–H groups in total. The molecule has 3 heterocycles. The normalized spacial score (nSPS) is 22.2. The van der Waals surface area contributed by atoms with Crippen molar-refractivity contribution in [3.63, 3.8) is 0 Å². The van der Waals surface area contributed by atoms with Crippen molar-refractivity contribution in [3.8, 4) is 17.4 Å². The third-order valence-corrected chi connectivity index (χ3v) is 8.73. The Balaban J connectivity index is 0.00000520. The van der Waals surface area contributed by atoms with Gasteiger partial charge in [0.2, 0.25) is 5.88 Å². The molecule has 2 fully saturated rings. The quantitative estimate of drug-likeness (QED) is 0.335. The Morgan fingerprint density at radius 2 is 1.91 bits per heavy atom. The van der Waals surface area contributed by atoms with Crippen LogP contribution in [-0.4, -0.2) is 59.1 Å². The van der Waals surface area contributed by atoms with Gasteiger partial charge in [0.1, 0.15) is 11.6 Å². The first kappa shape index (κ1) is 26.0. The van der Waals surface area contributed by atoms with Gasteiger partial charge in [0.05, 0.1) is 22.5 Å². The summed E-state index contributed by atoms with van der Waals surface area (Å²) in [5.74, 6) is -3.07. The number of carbonyl (C=O) groups is 1. The van der Waals surface area contributed by atoms with E-state index in [1.54, 1.807) is 0 Å². The zero-order chi connectivity index (χ0) is 34.8. The largest absolute Gasteiger partial charge is 0.508 e. The standard InChI is InChI=1S/C28H32F3N5O5S.H2S/c1-18-16-26(2,3)35(17-18)24-21(25(38)34-42(39,40)20-6-4-19(37)5-7-20)8-9-22(32-24)36-14-10-23(33-36)41-15-13-27(11-12-27)28(29,30)31;/h4-10,14,18,37H,11-13,15-17H2,1-3H3,(H,34,38);1H2/t18-;/m0./s1/i1D3,16D2;. The van der Waals surface area contributed by atoms with Gasteiger partial charge in [0, 0.05) is 31.2 Å². The van der Waals surface area contributed by atoms with Crippen LogP contribution in [0.4, 0.5) is 19.0 Å². The van der Waals surface area contributed by atoms with E-state index in [0.29, 0.717) is 0 Å². The van der Waals surface area contributed by atoms with E-state index in [1.807, 2.05) is 4.72 Å². The monoisotopic (exact) mass is 646 g/mol. The number of ether oxygens (including phenoxy) is 1. The predicted octanol–water partition coefficient (Wildman–Crippen LogP) is 4.94. The van der Waals surface area contributed by atoms with Gasteiger partial charge in [-0.3, -0.25) is 4.79 Å². The summed E-state index contributed by atoms with van der Waals surface area (Å²) < 4.78 is 116. The lowest BCUT2D eigenvalue weighted by Gasteiger charge is -2.34. The molecule has 1 saturated heterocycles. The number of nitrogens with zero attached hydrogens (tertiary/aromatic N) is 4. The number of pyridine rings is 1. The second-order valence-electron chi connectivity index (χ2n) is 10.8. The second kappa shape index (κ2) is 11.6. The highest BCUT2D eigenvalue weighted by Gasteiger charge is 2.62. The van der Waals surface area contributed by atoms with Crippen LogP contribution in [0.2, 0.25) is 0 Å². The summed E-state index contributed by atoms with van der Waals surface area (Å²) >= 11 is 0. The van der Waals surface area contributed by atoms with Crippen LogP contribution in [0.3, 0.4) is 0 Å². The number of benzene rings is 1. The minimum atomic E-state index is -4.46. The summed E-state index contributed by atoms with van der Waals surface area (Å²) in [6.07, 6.45) is -5.43. The molecule has 15 heteroatoms. The number of carbonyl (C=O) groups excluding carboxylic acids is 1. The Morgan fingerprint density at radius 1 is 1.21 bits per heavy atom. The maximum atomic E-state index is 13.5. The van der Waals surface area contributed by atoms with E-state index in [-0.39, 0.29) is 73.1 Å². The van der Waals surface area contributed by atoms with Crippen LogP contribution in [0.25, 0.3) is 5.82 Å². The minimum absolute atomic E-state index is 0. The third-order valence-electron chi connectivity index (χ3n) is 7.39. The van der Waals surface area contributed by atoms with Crippen molar-refractivity contribution in [1.82, 2.24) is 19.5 Å². The van der Waals surface area contributed by atoms with Crippen molar-refractivity contribution in [3.05, 3.63) is 54.2 Å². The van der Waals surface area contributed by atoms with Crippen LogP contribution in [0, 0.1) is 11.3 Å². The van der Waals surface area contributed by atoms with Gasteiger partial charge in [-0.2, -0.15) is 26.7 Å². The molecule has 0 unspecified atom stereocenters. The number of halogens is 3. The first-order valence-electron chi connectivity index (χ1n) is 15.5. The molecule has 1 aliphatic carbocycles. The molecule has 2 aromatic heterocycles. The Bertz CT molecular complexity index is 1780. The molecule has 1 saturated carbocycles. The van der Waals surface area contributed by atoms with Crippen molar-refractivity contribution in [1.29, 1.82) is 0 Å². The average Bonchev–Trinajstić information content (AvgIpc) is 3.56. The number of phenolic OH excluding ortho intramolecular Hbond substituents is 1. The highest BCUT2D eigenvalue weighted by molar-refractivity contribution is 7.90. The number of alkyl halides is 3. The molecule has 43 heavy (non-hydrogen) atoms. The Labute approximate surface area is 261 Å². The minimum Gasteiger partial charge on any atom is -0.508 e. The molecular formula is C28H34F3N5O5S2. The summed E-state index contributed by atoms with van der Waals surface area (Å²) in [7, 11) is -4.46. The van der Waals surface area contributed by atoms with Crippen molar-refractivity contribution < 1.29 is 43.1 Å². The van der Waals surface area contributed by atoms with Crippen LogP contribution in [-0.2, 0) is 10.0 Å². The summed E-state index contributed by atoms with van der Waals surface area (Å²) in [6.45, 7) is -0.508. The number of phenols is 1. The van der Waals surface area contributed by atoms with Crippen LogP contribution in [0.15, 0.2) is 53.6 Å². The first-order chi connectivity index (χ1) is 21.6. The smallest absolute Gasteiger partial charge is 0.394 e. The Kier molecular flexibility index (Phi) is 6.99. The maximum absolute atomic E-state index is 13.5. The molecule has 1 atom stereocenters. The molecule has 234 valence electrons. The van der Waals surface area contributed by atoms with E-state index in [1.165, 1.54) is 47.8 Å². The number of aromatic nitrogens is 3. The van der Waals surface area contributed by atoms with Crippen molar-refractivity contribution in [2.24, 2.45) is 11.3 Å². The molecule has 2 aliphatic rings. The lowest BCUT2D eigenvalue weighted by atomic mass is 9.97. The number of rotatable bonds is 9. The van der Waals surface area contributed by atoms with Gasteiger partial charge < -0.3 is 14.7 Å². The van der Waals surface area contributed by atoms with E-state index >= 15 is 0 Å². The van der Waals surface area contributed by atoms with Crippen LogP contribution < -0.4 is 14.4 Å². The van der Waals surface area contributed by atoms with Gasteiger partial charge in [0.25, 0.3) is 15.9 Å².